The van der Waals surface area contributed by atoms with Crippen molar-refractivity contribution in [2.75, 3.05) is 58.9 Å². The van der Waals surface area contributed by atoms with E-state index in [9.17, 15) is 24.0 Å². The van der Waals surface area contributed by atoms with Crippen LogP contribution in [0.5, 0.6) is 0 Å². The zero-order valence-electron chi connectivity index (χ0n) is 16.9. The summed E-state index contributed by atoms with van der Waals surface area (Å²) < 4.78 is 0. The van der Waals surface area contributed by atoms with Gasteiger partial charge in [-0.3, -0.25) is 38.7 Å². The van der Waals surface area contributed by atoms with E-state index < -0.39 is 62.6 Å². The minimum Gasteiger partial charge on any atom is -1.00 e. The van der Waals surface area contributed by atoms with Crippen molar-refractivity contribution < 1.29 is 97.6 Å². The molecule has 0 aromatic heterocycles. The van der Waals surface area contributed by atoms with Gasteiger partial charge < -0.3 is 27.0 Å². The molecule has 0 aromatic rings. The molecular weight excluding hydrogens is 448 g/mol. The molecule has 0 aliphatic rings. The van der Waals surface area contributed by atoms with Crippen LogP contribution in [0.4, 0.5) is 0 Å². The van der Waals surface area contributed by atoms with E-state index in [0.717, 1.165) is 9.80 Å². The summed E-state index contributed by atoms with van der Waals surface area (Å²) in [6, 6.07) is 0. The fraction of sp³-hybridized carbons (Fsp3) is 0.643. The summed E-state index contributed by atoms with van der Waals surface area (Å²) in [4.78, 5) is 57.6. The number of rotatable bonds is 16. The van der Waals surface area contributed by atoms with E-state index in [-0.39, 0.29) is 74.2 Å². The van der Waals surface area contributed by atoms with E-state index in [1.54, 1.807) is 0 Å². The van der Waals surface area contributed by atoms with Crippen LogP contribution in [0.15, 0.2) is 0 Å². The predicted octanol–water partition coefficient (Wildman–Crippen LogP) is -5.57. The van der Waals surface area contributed by atoms with Gasteiger partial charge in [-0.2, -0.15) is 0 Å². The SMILES string of the molecule is O=C(O)CN(CCN(CC(=O)O)CC(=O)O)CCN(CC(=O)O)CC(=O)O.[H-].[Mn].[Na+]. The van der Waals surface area contributed by atoms with Gasteiger partial charge in [0, 0.05) is 43.2 Å². The molecule has 0 saturated carbocycles. The van der Waals surface area contributed by atoms with Crippen LogP contribution >= 0.6 is 0 Å². The van der Waals surface area contributed by atoms with Crippen LogP contribution in [0.1, 0.15) is 1.43 Å². The van der Waals surface area contributed by atoms with Crippen LogP contribution in [0.25, 0.3) is 0 Å². The first kappa shape index (κ1) is 32.4. The number of hydrogen-bond donors (Lipinski definition) is 5. The molecule has 1 radical (unpaired) electrons. The third kappa shape index (κ3) is 19.8. The Bertz CT molecular complexity index is 500. The third-order valence-corrected chi connectivity index (χ3v) is 3.26. The Morgan fingerprint density at radius 2 is 0.655 bits per heavy atom. The van der Waals surface area contributed by atoms with Crippen LogP contribution < -0.4 is 29.6 Å². The molecule has 0 aliphatic carbocycles. The van der Waals surface area contributed by atoms with Crippen LogP contribution in [0, 0.1) is 0 Å². The van der Waals surface area contributed by atoms with Gasteiger partial charge in [-0.1, -0.05) is 0 Å². The average Bonchev–Trinajstić information content (AvgIpc) is 2.46. The van der Waals surface area contributed by atoms with Crippen molar-refractivity contribution in [2.45, 2.75) is 0 Å². The fourth-order valence-electron chi connectivity index (χ4n) is 2.22. The quantitative estimate of drug-likeness (QED) is 0.134. The van der Waals surface area contributed by atoms with Gasteiger partial charge in [0.2, 0.25) is 0 Å². The van der Waals surface area contributed by atoms with E-state index >= 15 is 0 Å². The summed E-state index contributed by atoms with van der Waals surface area (Å²) in [5, 5.41) is 44.1. The molecule has 163 valence electrons. The first-order valence-corrected chi connectivity index (χ1v) is 7.75. The molecule has 13 nitrogen and oxygen atoms in total. The number of carboxylic acids is 5. The maximum Gasteiger partial charge on any atom is 1.00 e. The second-order valence-corrected chi connectivity index (χ2v) is 5.67. The molecule has 0 rings (SSSR count). The van der Waals surface area contributed by atoms with Crippen molar-refractivity contribution in [2.24, 2.45) is 0 Å². The Kier molecular flexibility index (Phi) is 19.7. The maximum absolute atomic E-state index is 11.0. The van der Waals surface area contributed by atoms with Gasteiger partial charge in [0.1, 0.15) is 0 Å². The summed E-state index contributed by atoms with van der Waals surface area (Å²) >= 11 is 0. The van der Waals surface area contributed by atoms with Gasteiger partial charge in [-0.05, 0) is 0 Å². The Morgan fingerprint density at radius 3 is 0.862 bits per heavy atom. The minimum atomic E-state index is -1.24. The predicted molar refractivity (Wildman–Crippen MR) is 88.6 cm³/mol. The summed E-state index contributed by atoms with van der Waals surface area (Å²) in [5.74, 6) is -6.16. The van der Waals surface area contributed by atoms with Crippen LogP contribution in [-0.2, 0) is 41.0 Å². The summed E-state index contributed by atoms with van der Waals surface area (Å²) in [6.45, 7) is -2.74. The van der Waals surface area contributed by atoms with Gasteiger partial charge in [-0.25, -0.2) is 0 Å². The molecule has 0 spiro atoms. The molecule has 0 saturated heterocycles. The number of carboxylic acid groups (broad SMARTS) is 5. The molecule has 0 aromatic carbocycles. The number of nitrogens with zero attached hydrogens (tertiary/aromatic N) is 3. The van der Waals surface area contributed by atoms with E-state index in [1.807, 2.05) is 0 Å². The normalized spacial score (nSPS) is 10.3. The largest absolute Gasteiger partial charge is 1.00 e. The maximum atomic E-state index is 11.0. The van der Waals surface area contributed by atoms with E-state index in [4.69, 9.17) is 25.5 Å². The molecule has 29 heavy (non-hydrogen) atoms. The standard InChI is InChI=1S/C14H23N3O10.Mn.Na.H/c18-10(19)5-15(1-3-16(6-11(20)21)7-12(22)23)2-4-17(8-13(24)25)9-14(26)27;;;/h1-9H2,(H,18,19)(H,20,21)(H,22,23)(H,24,25)(H,26,27);;;/q;;+1;-1. The second-order valence-electron chi connectivity index (χ2n) is 5.67. The van der Waals surface area contributed by atoms with E-state index in [2.05, 4.69) is 0 Å². The third-order valence-electron chi connectivity index (χ3n) is 3.26. The van der Waals surface area contributed by atoms with Crippen molar-refractivity contribution >= 4 is 29.8 Å². The Balaban J connectivity index is -0.00000113. The average molecular weight is 472 g/mol. The molecule has 15 heteroatoms. The van der Waals surface area contributed by atoms with Crippen molar-refractivity contribution in [3.05, 3.63) is 0 Å². The minimum absolute atomic E-state index is 0. The molecule has 0 atom stereocenters. The molecule has 0 aliphatic heterocycles. The Labute approximate surface area is 200 Å². The zero-order chi connectivity index (χ0) is 21.0. The van der Waals surface area contributed by atoms with Crippen LogP contribution in [0.2, 0.25) is 0 Å². The zero-order valence-corrected chi connectivity index (χ0v) is 19.0. The van der Waals surface area contributed by atoms with Crippen molar-refractivity contribution in [1.82, 2.24) is 14.7 Å². The van der Waals surface area contributed by atoms with Crippen molar-refractivity contribution in [1.29, 1.82) is 0 Å². The van der Waals surface area contributed by atoms with Gasteiger partial charge in [0.15, 0.2) is 0 Å². The first-order valence-electron chi connectivity index (χ1n) is 7.75. The van der Waals surface area contributed by atoms with Crippen molar-refractivity contribution in [3.8, 4) is 0 Å². The number of hydrogen-bond acceptors (Lipinski definition) is 8. The molecular formula is C14H24MnN3NaO10. The van der Waals surface area contributed by atoms with Crippen molar-refractivity contribution in [3.63, 3.8) is 0 Å². The van der Waals surface area contributed by atoms with Crippen LogP contribution in [-0.4, -0.2) is 129 Å². The summed E-state index contributed by atoms with van der Waals surface area (Å²) in [5.41, 5.74) is 0. The van der Waals surface area contributed by atoms with Gasteiger partial charge >= 0.3 is 59.4 Å². The summed E-state index contributed by atoms with van der Waals surface area (Å²) in [6.07, 6.45) is 0. The molecule has 0 bridgehead atoms. The summed E-state index contributed by atoms with van der Waals surface area (Å²) in [7, 11) is 0. The second kappa shape index (κ2) is 17.6. The smallest absolute Gasteiger partial charge is 1.00 e. The van der Waals surface area contributed by atoms with Crippen LogP contribution in [0.3, 0.4) is 0 Å². The molecule has 0 heterocycles. The Morgan fingerprint density at radius 1 is 0.483 bits per heavy atom. The molecule has 0 amide bonds. The number of carbonyl (C=O) groups is 5. The van der Waals surface area contributed by atoms with E-state index in [0.29, 0.717) is 0 Å². The molecule has 0 unspecified atom stereocenters. The first-order chi connectivity index (χ1) is 12.5. The molecule has 5 N–H and O–H groups in total. The Hall–Kier alpha value is -1.25. The molecule has 0 fully saturated rings. The number of aliphatic carboxylic acids is 5. The topological polar surface area (TPSA) is 196 Å². The van der Waals surface area contributed by atoms with Gasteiger partial charge in [0.05, 0.1) is 32.7 Å². The van der Waals surface area contributed by atoms with E-state index in [1.165, 1.54) is 4.90 Å². The van der Waals surface area contributed by atoms with Gasteiger partial charge in [-0.15, -0.1) is 0 Å². The van der Waals surface area contributed by atoms with Gasteiger partial charge in [0.25, 0.3) is 0 Å². The monoisotopic (exact) mass is 472 g/mol. The fourth-order valence-corrected chi connectivity index (χ4v) is 2.22.